The summed E-state index contributed by atoms with van der Waals surface area (Å²) in [5, 5.41) is 0. The lowest BCUT2D eigenvalue weighted by atomic mass is 10.1. The molecule has 0 aliphatic heterocycles. The number of hydrogen-bond donors (Lipinski definition) is 0. The largest absolute Gasteiger partial charge is 0.451 e. The summed E-state index contributed by atoms with van der Waals surface area (Å²) in [6, 6.07) is 8.61. The molecule has 0 spiro atoms. The molecular weight excluding hydrogens is 216 g/mol. The van der Waals surface area contributed by atoms with Crippen molar-refractivity contribution in [1.29, 1.82) is 0 Å². The molecule has 0 bridgehead atoms. The van der Waals surface area contributed by atoms with Gasteiger partial charge < -0.3 is 4.42 Å². The van der Waals surface area contributed by atoms with Crippen molar-refractivity contribution in [3.8, 4) is 0 Å². The van der Waals surface area contributed by atoms with Gasteiger partial charge in [-0.3, -0.25) is 14.8 Å². The van der Waals surface area contributed by atoms with Gasteiger partial charge in [-0.25, -0.2) is 0 Å². The summed E-state index contributed by atoms with van der Waals surface area (Å²) in [5.74, 6) is 0.0998. The molecule has 4 heteroatoms. The molecule has 0 saturated carbocycles. The second-order valence-electron chi connectivity index (χ2n) is 3.57. The lowest BCUT2D eigenvalue weighted by molar-refractivity contribution is 0.101. The quantitative estimate of drug-likeness (QED) is 0.627. The molecule has 0 saturated heterocycles. The molecule has 0 aromatic carbocycles. The number of furan rings is 1. The Bertz CT molecular complexity index is 641. The Morgan fingerprint density at radius 1 is 1.18 bits per heavy atom. The van der Waals surface area contributed by atoms with Crippen molar-refractivity contribution in [2.45, 2.75) is 0 Å². The van der Waals surface area contributed by atoms with Crippen molar-refractivity contribution < 1.29 is 9.21 Å². The Balaban J connectivity index is 2.07. The summed E-state index contributed by atoms with van der Waals surface area (Å²) in [6.45, 7) is 0. The number of ketones is 1. The Hall–Kier alpha value is -2.49. The highest BCUT2D eigenvalue weighted by Gasteiger charge is 2.14. The van der Waals surface area contributed by atoms with E-state index in [0.717, 1.165) is 0 Å². The fraction of sp³-hybridized carbons (Fsp3) is 0. The summed E-state index contributed by atoms with van der Waals surface area (Å²) >= 11 is 0. The first kappa shape index (κ1) is 9.72. The van der Waals surface area contributed by atoms with Gasteiger partial charge in [-0.05, 0) is 24.3 Å². The predicted molar refractivity (Wildman–Crippen MR) is 61.7 cm³/mol. The average molecular weight is 224 g/mol. The van der Waals surface area contributed by atoms with Gasteiger partial charge in [0.1, 0.15) is 5.52 Å². The molecule has 3 heterocycles. The fourth-order valence-electron chi connectivity index (χ4n) is 1.62. The molecule has 3 aromatic rings. The number of pyridine rings is 2. The van der Waals surface area contributed by atoms with Gasteiger partial charge >= 0.3 is 0 Å². The first-order valence-electron chi connectivity index (χ1n) is 5.14. The topological polar surface area (TPSA) is 56.0 Å². The van der Waals surface area contributed by atoms with Crippen molar-refractivity contribution in [2.75, 3.05) is 0 Å². The van der Waals surface area contributed by atoms with E-state index >= 15 is 0 Å². The van der Waals surface area contributed by atoms with Gasteiger partial charge in [-0.2, -0.15) is 0 Å². The van der Waals surface area contributed by atoms with Crippen molar-refractivity contribution in [3.05, 3.63) is 60.2 Å². The van der Waals surface area contributed by atoms with E-state index in [1.807, 2.05) is 0 Å². The highest BCUT2D eigenvalue weighted by atomic mass is 16.3. The third-order valence-electron chi connectivity index (χ3n) is 2.43. The van der Waals surface area contributed by atoms with E-state index < -0.39 is 0 Å². The van der Waals surface area contributed by atoms with Crippen LogP contribution >= 0.6 is 0 Å². The Labute approximate surface area is 96.9 Å². The van der Waals surface area contributed by atoms with E-state index in [2.05, 4.69) is 9.97 Å². The maximum atomic E-state index is 12.1. The lowest BCUT2D eigenvalue weighted by Crippen LogP contribution is -1.99. The van der Waals surface area contributed by atoms with Crippen LogP contribution in [0.5, 0.6) is 0 Å². The van der Waals surface area contributed by atoms with Crippen LogP contribution in [0.3, 0.4) is 0 Å². The molecular formula is C13H8N2O2. The summed E-state index contributed by atoms with van der Waals surface area (Å²) in [4.78, 5) is 20.1. The van der Waals surface area contributed by atoms with Crippen molar-refractivity contribution in [2.24, 2.45) is 0 Å². The number of hydrogen-bond acceptors (Lipinski definition) is 4. The second-order valence-corrected chi connectivity index (χ2v) is 3.57. The Morgan fingerprint density at radius 2 is 2.06 bits per heavy atom. The molecule has 3 aromatic heterocycles. The van der Waals surface area contributed by atoms with Gasteiger partial charge in [0.2, 0.25) is 5.78 Å². The standard InChI is InChI=1S/C13H8N2O2/c16-13(9-3-1-5-14-8-9)12-7-10-11(17-12)4-2-6-15-10/h1-8H. The molecule has 0 aliphatic carbocycles. The average Bonchev–Trinajstić information content (AvgIpc) is 2.82. The number of rotatable bonds is 2. The molecule has 3 rings (SSSR count). The van der Waals surface area contributed by atoms with E-state index in [-0.39, 0.29) is 11.5 Å². The van der Waals surface area contributed by atoms with Crippen molar-refractivity contribution in [3.63, 3.8) is 0 Å². The molecule has 17 heavy (non-hydrogen) atoms. The lowest BCUT2D eigenvalue weighted by Gasteiger charge is -1.94. The number of aromatic nitrogens is 2. The van der Waals surface area contributed by atoms with Crippen LogP contribution in [-0.4, -0.2) is 15.8 Å². The summed E-state index contributed by atoms with van der Waals surface area (Å²) < 4.78 is 5.44. The third-order valence-corrected chi connectivity index (χ3v) is 2.43. The second kappa shape index (κ2) is 3.83. The minimum atomic E-state index is -0.184. The van der Waals surface area contributed by atoms with Gasteiger partial charge in [0.25, 0.3) is 0 Å². The Morgan fingerprint density at radius 3 is 2.82 bits per heavy atom. The van der Waals surface area contributed by atoms with Crippen molar-refractivity contribution >= 4 is 16.9 Å². The highest BCUT2D eigenvalue weighted by Crippen LogP contribution is 2.18. The summed E-state index contributed by atoms with van der Waals surface area (Å²) in [6.07, 6.45) is 4.80. The van der Waals surface area contributed by atoms with Gasteiger partial charge in [0.05, 0.1) is 0 Å². The third kappa shape index (κ3) is 1.69. The van der Waals surface area contributed by atoms with E-state index in [1.165, 1.54) is 6.20 Å². The normalized spacial score (nSPS) is 10.6. The number of fused-ring (bicyclic) bond motifs is 1. The maximum Gasteiger partial charge on any atom is 0.229 e. The van der Waals surface area contributed by atoms with Crippen LogP contribution in [0.15, 0.2) is 53.3 Å². The number of nitrogens with zero attached hydrogens (tertiary/aromatic N) is 2. The SMILES string of the molecule is O=C(c1cccnc1)c1cc2ncccc2o1. The van der Waals surface area contributed by atoms with Crippen LogP contribution in [0.25, 0.3) is 11.1 Å². The zero-order valence-electron chi connectivity index (χ0n) is 8.83. The van der Waals surface area contributed by atoms with Crippen LogP contribution in [0, 0.1) is 0 Å². The molecule has 0 fully saturated rings. The van der Waals surface area contributed by atoms with Gasteiger partial charge in [0, 0.05) is 30.2 Å². The fourth-order valence-corrected chi connectivity index (χ4v) is 1.62. The summed E-state index contributed by atoms with van der Waals surface area (Å²) in [5.41, 5.74) is 1.80. The number of carbonyl (C=O) groups excluding carboxylic acids is 1. The minimum absolute atomic E-state index is 0.184. The number of carbonyl (C=O) groups is 1. The smallest absolute Gasteiger partial charge is 0.229 e. The van der Waals surface area contributed by atoms with Crippen LogP contribution in [-0.2, 0) is 0 Å². The molecule has 0 unspecified atom stereocenters. The van der Waals surface area contributed by atoms with Gasteiger partial charge in [0.15, 0.2) is 11.3 Å². The minimum Gasteiger partial charge on any atom is -0.451 e. The molecule has 0 atom stereocenters. The van der Waals surface area contributed by atoms with Crippen LogP contribution in [0.1, 0.15) is 16.1 Å². The Kier molecular flexibility index (Phi) is 2.19. The van der Waals surface area contributed by atoms with Crippen LogP contribution in [0.4, 0.5) is 0 Å². The molecule has 82 valence electrons. The molecule has 0 aliphatic rings. The van der Waals surface area contributed by atoms with Crippen LogP contribution in [0.2, 0.25) is 0 Å². The zero-order chi connectivity index (χ0) is 11.7. The molecule has 0 N–H and O–H groups in total. The highest BCUT2D eigenvalue weighted by molar-refractivity contribution is 6.08. The first-order valence-corrected chi connectivity index (χ1v) is 5.14. The molecule has 4 nitrogen and oxygen atoms in total. The first-order chi connectivity index (χ1) is 8.34. The van der Waals surface area contributed by atoms with E-state index in [4.69, 9.17) is 4.42 Å². The van der Waals surface area contributed by atoms with E-state index in [0.29, 0.717) is 16.7 Å². The van der Waals surface area contributed by atoms with Crippen molar-refractivity contribution in [1.82, 2.24) is 9.97 Å². The predicted octanol–water partition coefficient (Wildman–Crippen LogP) is 2.45. The van der Waals surface area contributed by atoms with Gasteiger partial charge in [-0.15, -0.1) is 0 Å². The molecule has 0 amide bonds. The van der Waals surface area contributed by atoms with Gasteiger partial charge in [-0.1, -0.05) is 0 Å². The van der Waals surface area contributed by atoms with E-state index in [1.54, 1.807) is 42.7 Å². The summed E-state index contributed by atoms with van der Waals surface area (Å²) in [7, 11) is 0. The monoisotopic (exact) mass is 224 g/mol. The van der Waals surface area contributed by atoms with E-state index in [9.17, 15) is 4.79 Å². The molecule has 0 radical (unpaired) electrons. The maximum absolute atomic E-state index is 12.1. The van der Waals surface area contributed by atoms with Crippen LogP contribution < -0.4 is 0 Å². The zero-order valence-corrected chi connectivity index (χ0v) is 8.83.